The van der Waals surface area contributed by atoms with Crippen LogP contribution >= 0.6 is 0 Å². The summed E-state index contributed by atoms with van der Waals surface area (Å²) in [7, 11) is 0. The second-order valence-corrected chi connectivity index (χ2v) is 4.06. The molecule has 0 bridgehead atoms. The van der Waals surface area contributed by atoms with E-state index in [4.69, 9.17) is 0 Å². The standard InChI is InChI=1S/C14H11N3O/c18-14-12(10-5-2-1-3-6-10)13(16-17-14)11-7-4-8-15-9-11/h1-9,12H,(H,17,18)/t12-/m0/s1. The third kappa shape index (κ3) is 1.78. The Bertz CT molecular complexity index is 593. The van der Waals surface area contributed by atoms with Gasteiger partial charge in [0.15, 0.2) is 0 Å². The predicted molar refractivity (Wildman–Crippen MR) is 68.1 cm³/mol. The van der Waals surface area contributed by atoms with Gasteiger partial charge < -0.3 is 0 Å². The normalized spacial score (nSPS) is 18.3. The van der Waals surface area contributed by atoms with E-state index in [2.05, 4.69) is 15.5 Å². The molecule has 3 rings (SSSR count). The molecular formula is C14H11N3O. The van der Waals surface area contributed by atoms with Crippen molar-refractivity contribution in [2.24, 2.45) is 5.10 Å². The highest BCUT2D eigenvalue weighted by atomic mass is 16.2. The zero-order valence-electron chi connectivity index (χ0n) is 9.58. The lowest BCUT2D eigenvalue weighted by Crippen LogP contribution is -2.21. The van der Waals surface area contributed by atoms with Crippen LogP contribution in [-0.2, 0) is 4.79 Å². The van der Waals surface area contributed by atoms with E-state index in [9.17, 15) is 4.79 Å². The molecule has 1 aromatic heterocycles. The van der Waals surface area contributed by atoms with E-state index >= 15 is 0 Å². The molecule has 0 unspecified atom stereocenters. The number of carbonyl (C=O) groups excluding carboxylic acids is 1. The van der Waals surface area contributed by atoms with Gasteiger partial charge in [0.2, 0.25) is 0 Å². The summed E-state index contributed by atoms with van der Waals surface area (Å²) in [5, 5.41) is 4.12. The molecule has 0 spiro atoms. The lowest BCUT2D eigenvalue weighted by atomic mass is 9.91. The molecule has 0 aliphatic carbocycles. The molecule has 2 aromatic rings. The zero-order chi connectivity index (χ0) is 12.4. The SMILES string of the molecule is O=C1NN=C(c2cccnc2)[C@@H]1c1ccccc1. The van der Waals surface area contributed by atoms with Crippen LogP contribution in [0.1, 0.15) is 17.0 Å². The first-order chi connectivity index (χ1) is 8.86. The third-order valence-corrected chi connectivity index (χ3v) is 2.91. The molecule has 18 heavy (non-hydrogen) atoms. The van der Waals surface area contributed by atoms with Gasteiger partial charge in [-0.05, 0) is 17.7 Å². The smallest absolute Gasteiger partial charge is 0.253 e. The van der Waals surface area contributed by atoms with Crippen molar-refractivity contribution in [3.63, 3.8) is 0 Å². The van der Waals surface area contributed by atoms with Crippen LogP contribution in [-0.4, -0.2) is 16.6 Å². The van der Waals surface area contributed by atoms with E-state index in [0.29, 0.717) is 0 Å². The molecule has 0 radical (unpaired) electrons. The molecule has 1 atom stereocenters. The highest BCUT2D eigenvalue weighted by Crippen LogP contribution is 2.24. The molecule has 1 aromatic carbocycles. The second-order valence-electron chi connectivity index (χ2n) is 4.06. The van der Waals surface area contributed by atoms with Crippen molar-refractivity contribution in [2.45, 2.75) is 5.92 Å². The predicted octanol–water partition coefficient (Wildman–Crippen LogP) is 1.70. The Morgan fingerprint density at radius 2 is 1.89 bits per heavy atom. The topological polar surface area (TPSA) is 54.4 Å². The molecule has 88 valence electrons. The fourth-order valence-electron chi connectivity index (χ4n) is 2.07. The fraction of sp³-hybridized carbons (Fsp3) is 0.0714. The highest BCUT2D eigenvalue weighted by molar-refractivity contribution is 6.19. The van der Waals surface area contributed by atoms with Crippen molar-refractivity contribution < 1.29 is 4.79 Å². The first-order valence-electron chi connectivity index (χ1n) is 5.69. The number of nitrogens with zero attached hydrogens (tertiary/aromatic N) is 2. The van der Waals surface area contributed by atoms with Crippen LogP contribution in [0.15, 0.2) is 60.0 Å². The van der Waals surface area contributed by atoms with Gasteiger partial charge in [-0.2, -0.15) is 5.10 Å². The number of rotatable bonds is 2. The average Bonchev–Trinajstić information content (AvgIpc) is 2.83. The van der Waals surface area contributed by atoms with Crippen molar-refractivity contribution in [2.75, 3.05) is 0 Å². The van der Waals surface area contributed by atoms with Crippen molar-refractivity contribution >= 4 is 11.6 Å². The van der Waals surface area contributed by atoms with Crippen molar-refractivity contribution in [3.05, 3.63) is 66.0 Å². The van der Waals surface area contributed by atoms with Crippen LogP contribution in [0.25, 0.3) is 0 Å². The largest absolute Gasteiger partial charge is 0.272 e. The van der Waals surface area contributed by atoms with E-state index in [0.717, 1.165) is 16.8 Å². The van der Waals surface area contributed by atoms with E-state index in [1.807, 2.05) is 42.5 Å². The molecule has 0 saturated carbocycles. The molecule has 4 heteroatoms. The number of carbonyl (C=O) groups is 1. The number of pyridine rings is 1. The number of nitrogens with one attached hydrogen (secondary N) is 1. The minimum atomic E-state index is -0.351. The molecule has 0 saturated heterocycles. The maximum atomic E-state index is 11.9. The van der Waals surface area contributed by atoms with Crippen LogP contribution in [0.4, 0.5) is 0 Å². The minimum Gasteiger partial charge on any atom is -0.272 e. The summed E-state index contributed by atoms with van der Waals surface area (Å²) < 4.78 is 0. The van der Waals surface area contributed by atoms with Crippen molar-refractivity contribution in [1.82, 2.24) is 10.4 Å². The molecule has 1 aliphatic heterocycles. The Morgan fingerprint density at radius 1 is 1.06 bits per heavy atom. The molecule has 1 amide bonds. The van der Waals surface area contributed by atoms with Crippen LogP contribution in [0.3, 0.4) is 0 Å². The highest BCUT2D eigenvalue weighted by Gasteiger charge is 2.32. The van der Waals surface area contributed by atoms with Crippen molar-refractivity contribution in [3.8, 4) is 0 Å². The number of benzene rings is 1. The fourth-order valence-corrected chi connectivity index (χ4v) is 2.07. The molecule has 2 heterocycles. The summed E-state index contributed by atoms with van der Waals surface area (Å²) in [5.74, 6) is -0.449. The van der Waals surface area contributed by atoms with Crippen LogP contribution in [0.5, 0.6) is 0 Å². The number of hydrogen-bond donors (Lipinski definition) is 1. The van der Waals surface area contributed by atoms with E-state index < -0.39 is 0 Å². The van der Waals surface area contributed by atoms with Gasteiger partial charge >= 0.3 is 0 Å². The Labute approximate surface area is 104 Å². The average molecular weight is 237 g/mol. The number of hydrazone groups is 1. The molecule has 0 fully saturated rings. The Hall–Kier alpha value is -2.49. The zero-order valence-corrected chi connectivity index (χ0v) is 9.58. The summed E-state index contributed by atoms with van der Waals surface area (Å²) in [4.78, 5) is 16.0. The first kappa shape index (κ1) is 10.7. The van der Waals surface area contributed by atoms with Gasteiger partial charge in [0.1, 0.15) is 5.92 Å². The van der Waals surface area contributed by atoms with E-state index in [1.54, 1.807) is 12.4 Å². The van der Waals surface area contributed by atoms with E-state index in [1.165, 1.54) is 0 Å². The van der Waals surface area contributed by atoms with Gasteiger partial charge in [0.25, 0.3) is 5.91 Å². The summed E-state index contributed by atoms with van der Waals surface area (Å²) in [6.45, 7) is 0. The molecular weight excluding hydrogens is 226 g/mol. The van der Waals surface area contributed by atoms with Gasteiger partial charge in [0.05, 0.1) is 5.71 Å². The van der Waals surface area contributed by atoms with Crippen LogP contribution < -0.4 is 5.43 Å². The maximum Gasteiger partial charge on any atom is 0.253 e. The minimum absolute atomic E-state index is 0.0972. The van der Waals surface area contributed by atoms with Crippen molar-refractivity contribution in [1.29, 1.82) is 0 Å². The number of aromatic nitrogens is 1. The number of hydrogen-bond acceptors (Lipinski definition) is 3. The Balaban J connectivity index is 2.03. The van der Waals surface area contributed by atoms with Gasteiger partial charge in [-0.25, -0.2) is 5.43 Å². The lowest BCUT2D eigenvalue weighted by molar-refractivity contribution is -0.120. The first-order valence-corrected chi connectivity index (χ1v) is 5.69. The quantitative estimate of drug-likeness (QED) is 0.864. The molecule has 1 N–H and O–H groups in total. The van der Waals surface area contributed by atoms with E-state index in [-0.39, 0.29) is 11.8 Å². The summed E-state index contributed by atoms with van der Waals surface area (Å²) in [5.41, 5.74) is 5.06. The second kappa shape index (κ2) is 4.41. The van der Waals surface area contributed by atoms with Gasteiger partial charge in [-0.15, -0.1) is 0 Å². The van der Waals surface area contributed by atoms with Gasteiger partial charge in [-0.1, -0.05) is 30.3 Å². The summed E-state index contributed by atoms with van der Waals surface area (Å²) in [6.07, 6.45) is 3.42. The summed E-state index contributed by atoms with van der Waals surface area (Å²) >= 11 is 0. The third-order valence-electron chi connectivity index (χ3n) is 2.91. The van der Waals surface area contributed by atoms with Gasteiger partial charge in [-0.3, -0.25) is 9.78 Å². The lowest BCUT2D eigenvalue weighted by Gasteiger charge is -2.10. The number of amides is 1. The Morgan fingerprint density at radius 3 is 2.61 bits per heavy atom. The van der Waals surface area contributed by atoms with Crippen LogP contribution in [0.2, 0.25) is 0 Å². The van der Waals surface area contributed by atoms with Gasteiger partial charge in [0, 0.05) is 18.0 Å². The Kier molecular flexibility index (Phi) is 2.61. The molecule has 1 aliphatic rings. The maximum absolute atomic E-state index is 11.9. The summed E-state index contributed by atoms with van der Waals surface area (Å²) in [6, 6.07) is 13.4. The monoisotopic (exact) mass is 237 g/mol. The van der Waals surface area contributed by atoms with Crippen LogP contribution in [0, 0.1) is 0 Å². The molecule has 4 nitrogen and oxygen atoms in total.